The van der Waals surface area contributed by atoms with Gasteiger partial charge in [0.1, 0.15) is 30.2 Å². The number of aliphatic imine (C=N–C) groups is 1. The van der Waals surface area contributed by atoms with Gasteiger partial charge in [0.05, 0.1) is 18.6 Å². The third-order valence-electron chi connectivity index (χ3n) is 5.80. The minimum Gasteiger partial charge on any atom is -0.468 e. The van der Waals surface area contributed by atoms with Gasteiger partial charge in [0, 0.05) is 26.1 Å². The summed E-state index contributed by atoms with van der Waals surface area (Å²) in [4.78, 5) is 7.24. The second-order valence-electron chi connectivity index (χ2n) is 7.97. The Labute approximate surface area is 188 Å². The SMILES string of the molecule is CCc1nncn1CCNC(=NCc1ccco1)NCC(c1ccco1)N1CCCCC1. The van der Waals surface area contributed by atoms with Crippen molar-refractivity contribution in [1.29, 1.82) is 0 Å². The number of nitrogens with one attached hydrogen (secondary N) is 2. The van der Waals surface area contributed by atoms with E-state index in [1.54, 1.807) is 18.9 Å². The van der Waals surface area contributed by atoms with Crippen molar-refractivity contribution in [2.75, 3.05) is 26.2 Å². The van der Waals surface area contributed by atoms with Crippen LogP contribution >= 0.6 is 0 Å². The second kappa shape index (κ2) is 11.5. The Morgan fingerprint density at radius 2 is 1.97 bits per heavy atom. The molecular weight excluding hydrogens is 406 g/mol. The quantitative estimate of drug-likeness (QED) is 0.370. The first-order chi connectivity index (χ1) is 15.8. The van der Waals surface area contributed by atoms with Crippen LogP contribution in [0.1, 0.15) is 49.6 Å². The molecule has 1 unspecified atom stereocenters. The van der Waals surface area contributed by atoms with Crippen LogP contribution in [0.3, 0.4) is 0 Å². The molecule has 0 saturated carbocycles. The molecule has 32 heavy (non-hydrogen) atoms. The highest BCUT2D eigenvalue weighted by Gasteiger charge is 2.24. The molecule has 0 amide bonds. The summed E-state index contributed by atoms with van der Waals surface area (Å²) in [6.45, 7) is 6.94. The van der Waals surface area contributed by atoms with Gasteiger partial charge < -0.3 is 24.0 Å². The molecule has 1 fully saturated rings. The van der Waals surface area contributed by atoms with E-state index in [4.69, 9.17) is 13.8 Å². The van der Waals surface area contributed by atoms with Crippen LogP contribution in [0.25, 0.3) is 0 Å². The molecule has 172 valence electrons. The predicted molar refractivity (Wildman–Crippen MR) is 122 cm³/mol. The van der Waals surface area contributed by atoms with Gasteiger partial charge in [-0.25, -0.2) is 4.99 Å². The molecule has 0 aromatic carbocycles. The zero-order chi connectivity index (χ0) is 22.0. The molecule has 1 aliphatic heterocycles. The van der Waals surface area contributed by atoms with Gasteiger partial charge in [0.2, 0.25) is 0 Å². The summed E-state index contributed by atoms with van der Waals surface area (Å²) in [7, 11) is 0. The summed E-state index contributed by atoms with van der Waals surface area (Å²) >= 11 is 0. The minimum atomic E-state index is 0.172. The average Bonchev–Trinajstić information content (AvgIpc) is 3.61. The van der Waals surface area contributed by atoms with Crippen molar-refractivity contribution in [3.05, 3.63) is 60.5 Å². The van der Waals surface area contributed by atoms with Crippen LogP contribution < -0.4 is 10.6 Å². The lowest BCUT2D eigenvalue weighted by Crippen LogP contribution is -2.45. The third kappa shape index (κ3) is 6.00. The Morgan fingerprint density at radius 3 is 2.72 bits per heavy atom. The molecule has 9 nitrogen and oxygen atoms in total. The van der Waals surface area contributed by atoms with Gasteiger partial charge in [-0.15, -0.1) is 10.2 Å². The number of piperidine rings is 1. The van der Waals surface area contributed by atoms with Gasteiger partial charge in [-0.3, -0.25) is 4.90 Å². The Balaban J connectivity index is 1.40. The van der Waals surface area contributed by atoms with Crippen LogP contribution in [0.5, 0.6) is 0 Å². The van der Waals surface area contributed by atoms with Crippen LogP contribution in [0, 0.1) is 0 Å². The molecule has 9 heteroatoms. The van der Waals surface area contributed by atoms with E-state index >= 15 is 0 Å². The molecule has 0 aliphatic carbocycles. The Bertz CT molecular complexity index is 928. The second-order valence-corrected chi connectivity index (χ2v) is 7.97. The maximum atomic E-state index is 5.78. The van der Waals surface area contributed by atoms with Gasteiger partial charge in [-0.1, -0.05) is 13.3 Å². The van der Waals surface area contributed by atoms with Crippen LogP contribution in [0.2, 0.25) is 0 Å². The van der Waals surface area contributed by atoms with E-state index in [0.717, 1.165) is 49.4 Å². The Hall–Kier alpha value is -3.07. The number of guanidine groups is 1. The monoisotopic (exact) mass is 439 g/mol. The fraction of sp³-hybridized carbons (Fsp3) is 0.522. The van der Waals surface area contributed by atoms with E-state index in [1.165, 1.54) is 19.3 Å². The zero-order valence-electron chi connectivity index (χ0n) is 18.7. The molecule has 1 saturated heterocycles. The van der Waals surface area contributed by atoms with Crippen molar-refractivity contribution >= 4 is 5.96 Å². The lowest BCUT2D eigenvalue weighted by atomic mass is 10.1. The predicted octanol–water partition coefficient (Wildman–Crippen LogP) is 2.99. The first-order valence-electron chi connectivity index (χ1n) is 11.5. The van der Waals surface area contributed by atoms with E-state index in [9.17, 15) is 0 Å². The largest absolute Gasteiger partial charge is 0.468 e. The fourth-order valence-electron chi connectivity index (χ4n) is 4.08. The van der Waals surface area contributed by atoms with Gasteiger partial charge in [0.25, 0.3) is 0 Å². The maximum Gasteiger partial charge on any atom is 0.191 e. The number of hydrogen-bond acceptors (Lipinski definition) is 6. The van der Waals surface area contributed by atoms with E-state index in [1.807, 2.05) is 18.2 Å². The van der Waals surface area contributed by atoms with E-state index < -0.39 is 0 Å². The number of furan rings is 2. The summed E-state index contributed by atoms with van der Waals surface area (Å²) < 4.78 is 13.3. The van der Waals surface area contributed by atoms with Crippen molar-refractivity contribution in [1.82, 2.24) is 30.3 Å². The Morgan fingerprint density at radius 1 is 1.12 bits per heavy atom. The van der Waals surface area contributed by atoms with E-state index in [0.29, 0.717) is 19.6 Å². The molecule has 0 radical (unpaired) electrons. The number of rotatable bonds is 10. The topological polar surface area (TPSA) is 96.7 Å². The van der Waals surface area contributed by atoms with Gasteiger partial charge in [-0.05, 0) is 50.2 Å². The smallest absolute Gasteiger partial charge is 0.191 e. The highest BCUT2D eigenvalue weighted by molar-refractivity contribution is 5.79. The summed E-state index contributed by atoms with van der Waals surface area (Å²) in [6, 6.07) is 8.01. The summed E-state index contributed by atoms with van der Waals surface area (Å²) in [6.07, 6.45) is 9.82. The van der Waals surface area contributed by atoms with Gasteiger partial charge in [-0.2, -0.15) is 0 Å². The molecule has 0 spiro atoms. The van der Waals surface area contributed by atoms with E-state index in [-0.39, 0.29) is 6.04 Å². The average molecular weight is 440 g/mol. The molecular formula is C23H33N7O2. The third-order valence-corrected chi connectivity index (χ3v) is 5.80. The Kier molecular flexibility index (Phi) is 7.97. The van der Waals surface area contributed by atoms with Crippen LogP contribution in [0.15, 0.2) is 56.9 Å². The molecule has 4 heterocycles. The van der Waals surface area contributed by atoms with Crippen molar-refractivity contribution in [3.8, 4) is 0 Å². The van der Waals surface area contributed by atoms with Crippen molar-refractivity contribution in [2.24, 2.45) is 4.99 Å². The first-order valence-corrected chi connectivity index (χ1v) is 11.5. The lowest BCUT2D eigenvalue weighted by molar-refractivity contribution is 0.146. The van der Waals surface area contributed by atoms with E-state index in [2.05, 4.69) is 43.3 Å². The molecule has 2 N–H and O–H groups in total. The number of aryl methyl sites for hydroxylation is 1. The number of hydrogen-bond donors (Lipinski definition) is 2. The van der Waals surface area contributed by atoms with Crippen LogP contribution in [-0.2, 0) is 19.5 Å². The van der Waals surface area contributed by atoms with Crippen molar-refractivity contribution in [3.63, 3.8) is 0 Å². The normalized spacial score (nSPS) is 16.2. The number of aromatic nitrogens is 3. The lowest BCUT2D eigenvalue weighted by Gasteiger charge is -2.33. The van der Waals surface area contributed by atoms with Crippen LogP contribution in [0.4, 0.5) is 0 Å². The minimum absolute atomic E-state index is 0.172. The number of nitrogens with zero attached hydrogens (tertiary/aromatic N) is 5. The molecule has 1 aliphatic rings. The molecule has 3 aromatic heterocycles. The molecule has 4 rings (SSSR count). The first kappa shape index (κ1) is 22.1. The van der Waals surface area contributed by atoms with Crippen molar-refractivity contribution < 1.29 is 8.83 Å². The summed E-state index contributed by atoms with van der Waals surface area (Å²) in [5.41, 5.74) is 0. The fourth-order valence-corrected chi connectivity index (χ4v) is 4.08. The highest BCUT2D eigenvalue weighted by atomic mass is 16.3. The maximum absolute atomic E-state index is 5.78. The summed E-state index contributed by atoms with van der Waals surface area (Å²) in [5.74, 6) is 3.55. The number of likely N-dealkylation sites (tertiary alicyclic amines) is 1. The molecule has 0 bridgehead atoms. The highest BCUT2D eigenvalue weighted by Crippen LogP contribution is 2.24. The van der Waals surface area contributed by atoms with Crippen molar-refractivity contribution in [2.45, 2.75) is 51.7 Å². The summed E-state index contributed by atoms with van der Waals surface area (Å²) in [5, 5.41) is 15.1. The molecule has 3 aromatic rings. The zero-order valence-corrected chi connectivity index (χ0v) is 18.7. The standard InChI is InChI=1S/C23H33N7O2/c1-2-22-28-27-18-30(22)13-10-24-23(25-16-19-8-6-14-31-19)26-17-20(21-9-7-15-32-21)29-11-4-3-5-12-29/h6-9,14-15,18,20H,2-5,10-13,16-17H2,1H3,(H2,24,25,26). The van der Waals surface area contributed by atoms with Crippen LogP contribution in [-0.4, -0.2) is 51.8 Å². The van der Waals surface area contributed by atoms with Gasteiger partial charge >= 0.3 is 0 Å². The molecule has 1 atom stereocenters. The van der Waals surface area contributed by atoms with Gasteiger partial charge in [0.15, 0.2) is 5.96 Å².